The van der Waals surface area contributed by atoms with E-state index >= 15 is 0 Å². The van der Waals surface area contributed by atoms with Gasteiger partial charge in [0.2, 0.25) is 10.0 Å². The van der Waals surface area contributed by atoms with Crippen molar-refractivity contribution in [3.05, 3.63) is 18.5 Å². The number of hydrogen-bond acceptors (Lipinski definition) is 3. The monoisotopic (exact) mass is 258 g/mol. The largest absolute Gasteiger partial charge is 0.393 e. The molecular formula is C11H18N2O3S. The van der Waals surface area contributed by atoms with Gasteiger partial charge in [0, 0.05) is 33.0 Å². The molecule has 0 spiro atoms. The molecule has 17 heavy (non-hydrogen) atoms. The van der Waals surface area contributed by atoms with Gasteiger partial charge in [-0.05, 0) is 24.8 Å². The molecule has 1 heterocycles. The molecule has 0 atom stereocenters. The number of rotatable bonds is 4. The van der Waals surface area contributed by atoms with Gasteiger partial charge in [0.1, 0.15) is 0 Å². The topological polar surface area (TPSA) is 62.5 Å². The van der Waals surface area contributed by atoms with Gasteiger partial charge in [-0.1, -0.05) is 0 Å². The maximum absolute atomic E-state index is 12.2. The minimum atomic E-state index is -3.38. The molecule has 0 aromatic carbocycles. The minimum absolute atomic E-state index is 0.243. The Labute approximate surface area is 102 Å². The molecule has 0 unspecified atom stereocenters. The number of aliphatic hydroxyl groups is 1. The molecular weight excluding hydrogens is 240 g/mol. The second-order valence-corrected chi connectivity index (χ2v) is 6.83. The summed E-state index contributed by atoms with van der Waals surface area (Å²) < 4.78 is 27.4. The molecule has 0 saturated heterocycles. The van der Waals surface area contributed by atoms with Gasteiger partial charge in [0.15, 0.2) is 0 Å². The fourth-order valence-electron chi connectivity index (χ4n) is 2.12. The van der Waals surface area contributed by atoms with Crippen LogP contribution in [-0.2, 0) is 17.1 Å². The number of aromatic nitrogens is 1. The highest BCUT2D eigenvalue weighted by molar-refractivity contribution is 7.89. The SMILES string of the molecule is CN(CC1CC(O)C1)S(=O)(=O)c1ccn(C)c1. The molecule has 1 aromatic heterocycles. The molecule has 1 saturated carbocycles. The van der Waals surface area contributed by atoms with Gasteiger partial charge in [-0.15, -0.1) is 0 Å². The van der Waals surface area contributed by atoms with E-state index in [0.29, 0.717) is 24.3 Å². The lowest BCUT2D eigenvalue weighted by molar-refractivity contribution is 0.0367. The third-order valence-electron chi connectivity index (χ3n) is 3.24. The fourth-order valence-corrected chi connectivity index (χ4v) is 3.42. The fraction of sp³-hybridized carbons (Fsp3) is 0.636. The highest BCUT2D eigenvalue weighted by Gasteiger charge is 2.31. The van der Waals surface area contributed by atoms with Crippen LogP contribution in [0.3, 0.4) is 0 Å². The minimum Gasteiger partial charge on any atom is -0.393 e. The van der Waals surface area contributed by atoms with Crippen LogP contribution in [0, 0.1) is 5.92 Å². The van der Waals surface area contributed by atoms with Gasteiger partial charge in [0.25, 0.3) is 0 Å². The van der Waals surface area contributed by atoms with Crippen molar-refractivity contribution in [2.45, 2.75) is 23.8 Å². The first-order valence-electron chi connectivity index (χ1n) is 5.66. The Morgan fingerprint density at radius 2 is 2.18 bits per heavy atom. The van der Waals surface area contributed by atoms with Crippen molar-refractivity contribution < 1.29 is 13.5 Å². The van der Waals surface area contributed by atoms with Crippen LogP contribution in [0.2, 0.25) is 0 Å². The van der Waals surface area contributed by atoms with Crippen LogP contribution in [0.15, 0.2) is 23.4 Å². The lowest BCUT2D eigenvalue weighted by Gasteiger charge is -2.33. The Morgan fingerprint density at radius 1 is 1.53 bits per heavy atom. The van der Waals surface area contributed by atoms with Crippen molar-refractivity contribution in [2.24, 2.45) is 13.0 Å². The van der Waals surface area contributed by atoms with Crippen molar-refractivity contribution in [3.63, 3.8) is 0 Å². The normalized spacial score (nSPS) is 24.9. The Bertz CT molecular complexity index is 489. The van der Waals surface area contributed by atoms with Crippen LogP contribution in [0.4, 0.5) is 0 Å². The molecule has 0 amide bonds. The van der Waals surface area contributed by atoms with E-state index in [9.17, 15) is 13.5 Å². The Kier molecular flexibility index (Phi) is 3.29. The second kappa shape index (κ2) is 4.44. The lowest BCUT2D eigenvalue weighted by Crippen LogP contribution is -2.39. The van der Waals surface area contributed by atoms with E-state index in [1.54, 1.807) is 37.1 Å². The Hall–Kier alpha value is -0.850. The van der Waals surface area contributed by atoms with Crippen molar-refractivity contribution >= 4 is 10.0 Å². The van der Waals surface area contributed by atoms with Crippen LogP contribution in [0.1, 0.15) is 12.8 Å². The number of hydrogen-bond donors (Lipinski definition) is 1. The molecule has 1 aromatic rings. The number of aryl methyl sites for hydroxylation is 1. The summed E-state index contributed by atoms with van der Waals surface area (Å²) in [4.78, 5) is 0.322. The van der Waals surface area contributed by atoms with Gasteiger partial charge < -0.3 is 9.67 Å². The quantitative estimate of drug-likeness (QED) is 0.851. The highest BCUT2D eigenvalue weighted by Crippen LogP contribution is 2.29. The van der Waals surface area contributed by atoms with E-state index in [2.05, 4.69) is 0 Å². The number of nitrogens with zero attached hydrogens (tertiary/aromatic N) is 2. The average molecular weight is 258 g/mol. The molecule has 5 nitrogen and oxygen atoms in total. The van der Waals surface area contributed by atoms with Crippen molar-refractivity contribution in [2.75, 3.05) is 13.6 Å². The molecule has 0 aliphatic heterocycles. The molecule has 1 aliphatic rings. The summed E-state index contributed by atoms with van der Waals surface area (Å²) in [7, 11) is 0.00724. The van der Waals surface area contributed by atoms with Gasteiger partial charge >= 0.3 is 0 Å². The third kappa shape index (κ3) is 2.53. The first-order chi connectivity index (χ1) is 7.89. The van der Waals surface area contributed by atoms with Crippen molar-refractivity contribution in [3.8, 4) is 0 Å². The van der Waals surface area contributed by atoms with Gasteiger partial charge in [-0.25, -0.2) is 12.7 Å². The zero-order chi connectivity index (χ0) is 12.6. The smallest absolute Gasteiger partial charge is 0.244 e. The zero-order valence-electron chi connectivity index (χ0n) is 10.1. The van der Waals surface area contributed by atoms with Crippen LogP contribution in [-0.4, -0.2) is 42.1 Å². The average Bonchev–Trinajstić information content (AvgIpc) is 2.63. The highest BCUT2D eigenvalue weighted by atomic mass is 32.2. The molecule has 1 N–H and O–H groups in total. The maximum Gasteiger partial charge on any atom is 0.244 e. The first kappa shape index (κ1) is 12.6. The van der Waals surface area contributed by atoms with Gasteiger partial charge in [-0.3, -0.25) is 0 Å². The summed E-state index contributed by atoms with van der Waals surface area (Å²) in [6, 6.07) is 1.60. The predicted octanol–water partition coefficient (Wildman–Crippen LogP) is 0.416. The molecule has 6 heteroatoms. The molecule has 1 aliphatic carbocycles. The molecule has 96 valence electrons. The number of sulfonamides is 1. The number of aliphatic hydroxyl groups excluding tert-OH is 1. The van der Waals surface area contributed by atoms with E-state index in [0.717, 1.165) is 0 Å². The maximum atomic E-state index is 12.2. The van der Waals surface area contributed by atoms with Gasteiger partial charge in [-0.2, -0.15) is 0 Å². The molecule has 2 rings (SSSR count). The first-order valence-corrected chi connectivity index (χ1v) is 7.10. The van der Waals surface area contributed by atoms with E-state index in [-0.39, 0.29) is 12.0 Å². The molecule has 1 fully saturated rings. The van der Waals surface area contributed by atoms with E-state index in [4.69, 9.17) is 0 Å². The summed E-state index contributed by atoms with van der Waals surface area (Å²) in [5.74, 6) is 0.286. The van der Waals surface area contributed by atoms with Crippen LogP contribution < -0.4 is 0 Å². The van der Waals surface area contributed by atoms with E-state index in [1.165, 1.54) is 4.31 Å². The summed E-state index contributed by atoms with van der Waals surface area (Å²) in [5, 5.41) is 9.18. The third-order valence-corrected chi connectivity index (χ3v) is 5.05. The summed E-state index contributed by atoms with van der Waals surface area (Å²) >= 11 is 0. The van der Waals surface area contributed by atoms with E-state index < -0.39 is 10.0 Å². The second-order valence-electron chi connectivity index (χ2n) is 4.79. The van der Waals surface area contributed by atoms with Crippen LogP contribution >= 0.6 is 0 Å². The van der Waals surface area contributed by atoms with E-state index in [1.807, 2.05) is 0 Å². The molecule has 0 bridgehead atoms. The Balaban J connectivity index is 2.05. The van der Waals surface area contributed by atoms with Gasteiger partial charge in [0.05, 0.1) is 11.0 Å². The summed E-state index contributed by atoms with van der Waals surface area (Å²) in [5.41, 5.74) is 0. The standard InChI is InChI=1S/C11H18N2O3S/c1-12-4-3-11(8-12)17(15,16)13(2)7-9-5-10(14)6-9/h3-4,8-10,14H,5-7H2,1-2H3. The summed E-state index contributed by atoms with van der Waals surface area (Å²) in [6.07, 6.45) is 4.48. The van der Waals surface area contributed by atoms with Crippen LogP contribution in [0.25, 0.3) is 0 Å². The lowest BCUT2D eigenvalue weighted by atomic mass is 9.82. The Morgan fingerprint density at radius 3 is 2.65 bits per heavy atom. The van der Waals surface area contributed by atoms with Crippen LogP contribution in [0.5, 0.6) is 0 Å². The predicted molar refractivity (Wildman–Crippen MR) is 64.0 cm³/mol. The van der Waals surface area contributed by atoms with Crippen molar-refractivity contribution in [1.82, 2.24) is 8.87 Å². The zero-order valence-corrected chi connectivity index (χ0v) is 10.9. The van der Waals surface area contributed by atoms with Crippen molar-refractivity contribution in [1.29, 1.82) is 0 Å². The summed E-state index contributed by atoms with van der Waals surface area (Å²) in [6.45, 7) is 0.480. The molecule has 0 radical (unpaired) electrons.